The van der Waals surface area contributed by atoms with Crippen LogP contribution in [0.1, 0.15) is 20.8 Å². The number of carbonyl (C=O) groups excluding carboxylic acids is 5. The summed E-state index contributed by atoms with van der Waals surface area (Å²) >= 11 is 0. The zero-order chi connectivity index (χ0) is 29.8. The number of pyridine rings is 1. The van der Waals surface area contributed by atoms with Gasteiger partial charge in [-0.15, -0.1) is 0 Å². The van der Waals surface area contributed by atoms with Gasteiger partial charge in [-0.25, -0.2) is 14.6 Å². The highest BCUT2D eigenvalue weighted by atomic mass is 16.6. The van der Waals surface area contributed by atoms with Gasteiger partial charge in [0.05, 0.1) is 7.11 Å². The average molecular weight is 568 g/mol. The highest BCUT2D eigenvalue weighted by molar-refractivity contribution is 6.14. The molecule has 0 aliphatic heterocycles. The van der Waals surface area contributed by atoms with Gasteiger partial charge in [-0.05, 0) is 18.2 Å². The number of furan rings is 1. The largest absolute Gasteiger partial charge is 0.467 e. The molecule has 0 saturated heterocycles. The van der Waals surface area contributed by atoms with Crippen molar-refractivity contribution in [2.24, 2.45) is 0 Å². The van der Waals surface area contributed by atoms with Crippen LogP contribution in [-0.4, -0.2) is 71.5 Å². The standard InChI is InChI=1S/C28H25NO12/c1-13(30)37-23(21(33)27(34)36-4)24(38-14(2)31)25(39-15(3)32)28(35)41-26-17-10-6-5-9-16(17)22-20(29-26)18-11-7-8-12-19(18)40-22/h5-12,21,23-25,33H,1-4H3/t21-,23+,24-,25+/m0/s1. The monoisotopic (exact) mass is 567 g/mol. The highest BCUT2D eigenvalue weighted by Crippen LogP contribution is 2.36. The Morgan fingerprint density at radius 3 is 1.93 bits per heavy atom. The van der Waals surface area contributed by atoms with Crippen LogP contribution in [0.3, 0.4) is 0 Å². The van der Waals surface area contributed by atoms with Crippen molar-refractivity contribution < 1.29 is 57.2 Å². The first kappa shape index (κ1) is 29.0. The average Bonchev–Trinajstić information content (AvgIpc) is 3.31. The van der Waals surface area contributed by atoms with Crippen LogP contribution in [0.4, 0.5) is 0 Å². The summed E-state index contributed by atoms with van der Waals surface area (Å²) in [6.07, 6.45) is -8.44. The molecule has 0 unspecified atom stereocenters. The zero-order valence-corrected chi connectivity index (χ0v) is 22.3. The Balaban J connectivity index is 1.83. The van der Waals surface area contributed by atoms with Gasteiger partial charge in [0.1, 0.15) is 11.1 Å². The molecule has 2 heterocycles. The first-order chi connectivity index (χ1) is 19.5. The van der Waals surface area contributed by atoms with Crippen LogP contribution in [-0.2, 0) is 42.9 Å². The summed E-state index contributed by atoms with van der Waals surface area (Å²) in [5.41, 5.74) is 1.35. The molecule has 4 atom stereocenters. The number of rotatable bonds is 9. The van der Waals surface area contributed by atoms with Crippen molar-refractivity contribution in [3.63, 3.8) is 0 Å². The van der Waals surface area contributed by atoms with Crippen molar-refractivity contribution in [1.29, 1.82) is 0 Å². The third kappa shape index (κ3) is 6.09. The molecular formula is C28H25NO12. The summed E-state index contributed by atoms with van der Waals surface area (Å²) in [5, 5.41) is 12.1. The van der Waals surface area contributed by atoms with E-state index in [1.165, 1.54) is 0 Å². The lowest BCUT2D eigenvalue weighted by Crippen LogP contribution is -2.55. The summed E-state index contributed by atoms with van der Waals surface area (Å²) in [7, 11) is 0.946. The van der Waals surface area contributed by atoms with Crippen molar-refractivity contribution in [2.75, 3.05) is 7.11 Å². The number of para-hydroxylation sites is 1. The maximum absolute atomic E-state index is 13.6. The molecule has 0 bridgehead atoms. The Hall–Kier alpha value is -5.04. The molecule has 2 aromatic carbocycles. The Bertz CT molecular complexity index is 1660. The van der Waals surface area contributed by atoms with E-state index in [4.69, 9.17) is 23.4 Å². The maximum atomic E-state index is 13.6. The Labute approximate surface area is 231 Å². The van der Waals surface area contributed by atoms with Gasteiger partial charge < -0.3 is 33.2 Å². The minimum atomic E-state index is -2.24. The van der Waals surface area contributed by atoms with E-state index in [0.29, 0.717) is 32.8 Å². The number of benzene rings is 2. The van der Waals surface area contributed by atoms with Crippen molar-refractivity contribution in [3.05, 3.63) is 48.5 Å². The second kappa shape index (κ2) is 12.0. The van der Waals surface area contributed by atoms with Crippen LogP contribution < -0.4 is 4.74 Å². The summed E-state index contributed by atoms with van der Waals surface area (Å²) < 4.78 is 31.4. The molecule has 41 heavy (non-hydrogen) atoms. The highest BCUT2D eigenvalue weighted by Gasteiger charge is 2.48. The van der Waals surface area contributed by atoms with E-state index in [2.05, 4.69) is 9.72 Å². The van der Waals surface area contributed by atoms with Crippen LogP contribution >= 0.6 is 0 Å². The molecule has 13 nitrogen and oxygen atoms in total. The molecule has 4 aromatic rings. The van der Waals surface area contributed by atoms with Crippen LogP contribution in [0.25, 0.3) is 32.8 Å². The lowest BCUT2D eigenvalue weighted by molar-refractivity contribution is -0.202. The number of aromatic nitrogens is 1. The summed E-state index contributed by atoms with van der Waals surface area (Å²) in [6.45, 7) is 2.85. The van der Waals surface area contributed by atoms with Crippen molar-refractivity contribution in [3.8, 4) is 5.88 Å². The van der Waals surface area contributed by atoms with Gasteiger partial charge in [-0.2, -0.15) is 0 Å². The molecule has 0 fully saturated rings. The van der Waals surface area contributed by atoms with E-state index >= 15 is 0 Å². The Morgan fingerprint density at radius 1 is 0.756 bits per heavy atom. The van der Waals surface area contributed by atoms with Gasteiger partial charge in [0, 0.05) is 36.9 Å². The van der Waals surface area contributed by atoms with Crippen LogP contribution in [0, 0.1) is 0 Å². The van der Waals surface area contributed by atoms with Gasteiger partial charge in [-0.1, -0.05) is 30.3 Å². The van der Waals surface area contributed by atoms with Gasteiger partial charge in [0.15, 0.2) is 23.9 Å². The fourth-order valence-electron chi connectivity index (χ4n) is 4.26. The first-order valence-electron chi connectivity index (χ1n) is 12.2. The van der Waals surface area contributed by atoms with E-state index < -0.39 is 54.3 Å². The number of aliphatic hydroxyl groups excluding tert-OH is 1. The zero-order valence-electron chi connectivity index (χ0n) is 22.3. The molecule has 0 saturated carbocycles. The number of hydrogen-bond donors (Lipinski definition) is 1. The molecule has 1 N–H and O–H groups in total. The third-order valence-corrected chi connectivity index (χ3v) is 5.89. The fourth-order valence-corrected chi connectivity index (χ4v) is 4.26. The number of carbonyl (C=O) groups is 5. The predicted octanol–water partition coefficient (Wildman–Crippen LogP) is 2.37. The number of ether oxygens (including phenoxy) is 5. The molecule has 0 amide bonds. The van der Waals surface area contributed by atoms with E-state index in [9.17, 15) is 29.1 Å². The lowest BCUT2D eigenvalue weighted by atomic mass is 10.0. The molecule has 2 aromatic heterocycles. The number of fused-ring (bicyclic) bond motifs is 5. The number of esters is 5. The van der Waals surface area contributed by atoms with E-state index in [1.54, 1.807) is 48.5 Å². The minimum Gasteiger partial charge on any atom is -0.467 e. The van der Waals surface area contributed by atoms with E-state index in [-0.39, 0.29) is 5.88 Å². The van der Waals surface area contributed by atoms with E-state index in [0.717, 1.165) is 27.9 Å². The third-order valence-electron chi connectivity index (χ3n) is 5.89. The number of aliphatic hydroxyl groups is 1. The fraction of sp³-hybridized carbons (Fsp3) is 0.286. The quantitative estimate of drug-likeness (QED) is 0.230. The Morgan fingerprint density at radius 2 is 1.32 bits per heavy atom. The second-order valence-corrected chi connectivity index (χ2v) is 8.81. The molecule has 0 aliphatic rings. The Kier molecular flexibility index (Phi) is 8.48. The SMILES string of the molecule is COC(=O)[C@@H](O)[C@@H](OC(C)=O)[C@H](OC(C)=O)[C@@H](OC(C)=O)C(=O)Oc1nc2c3ccccc3oc2c2ccccc12. The van der Waals surface area contributed by atoms with Gasteiger partial charge >= 0.3 is 29.8 Å². The van der Waals surface area contributed by atoms with Crippen LogP contribution in [0.2, 0.25) is 0 Å². The topological polar surface area (TPSA) is 178 Å². The van der Waals surface area contributed by atoms with Crippen molar-refractivity contribution >= 4 is 62.7 Å². The molecule has 0 spiro atoms. The summed E-state index contributed by atoms with van der Waals surface area (Å²) in [6, 6.07) is 13.8. The molecular weight excluding hydrogens is 542 g/mol. The van der Waals surface area contributed by atoms with Crippen LogP contribution in [0.5, 0.6) is 5.88 Å². The van der Waals surface area contributed by atoms with Crippen molar-refractivity contribution in [2.45, 2.75) is 45.2 Å². The molecule has 13 heteroatoms. The smallest absolute Gasteiger partial charge is 0.358 e. The van der Waals surface area contributed by atoms with Gasteiger partial charge in [0.25, 0.3) is 0 Å². The summed E-state index contributed by atoms with van der Waals surface area (Å²) in [4.78, 5) is 66.1. The van der Waals surface area contributed by atoms with E-state index in [1.807, 2.05) is 0 Å². The van der Waals surface area contributed by atoms with Gasteiger partial charge in [0.2, 0.25) is 12.0 Å². The van der Waals surface area contributed by atoms with Crippen molar-refractivity contribution in [1.82, 2.24) is 4.98 Å². The normalized spacial score (nSPS) is 14.1. The molecule has 0 aliphatic carbocycles. The number of methoxy groups -OCH3 is 1. The number of hydrogen-bond acceptors (Lipinski definition) is 13. The lowest BCUT2D eigenvalue weighted by Gasteiger charge is -2.32. The summed E-state index contributed by atoms with van der Waals surface area (Å²) in [5.74, 6) is -5.87. The molecule has 214 valence electrons. The molecule has 4 rings (SSSR count). The van der Waals surface area contributed by atoms with Crippen LogP contribution in [0.15, 0.2) is 52.9 Å². The predicted molar refractivity (Wildman–Crippen MR) is 139 cm³/mol. The second-order valence-electron chi connectivity index (χ2n) is 8.81. The van der Waals surface area contributed by atoms with Gasteiger partial charge in [-0.3, -0.25) is 14.4 Å². The first-order valence-corrected chi connectivity index (χ1v) is 12.2. The minimum absolute atomic E-state index is 0.207. The number of nitrogens with zero attached hydrogens (tertiary/aromatic N) is 1. The maximum Gasteiger partial charge on any atom is 0.358 e. The molecule has 0 radical (unpaired) electrons.